The van der Waals surface area contributed by atoms with E-state index in [9.17, 15) is 4.79 Å². The minimum Gasteiger partial charge on any atom is -0.487 e. The van der Waals surface area contributed by atoms with Crippen LogP contribution < -0.4 is 10.1 Å². The number of nitrogens with zero attached hydrogens (tertiary/aromatic N) is 1. The number of hydrogen-bond donors (Lipinski definition) is 1. The van der Waals surface area contributed by atoms with Gasteiger partial charge in [0.2, 0.25) is 0 Å². The molecule has 2 rings (SSSR count). The van der Waals surface area contributed by atoms with Crippen LogP contribution >= 0.6 is 11.6 Å². The van der Waals surface area contributed by atoms with Gasteiger partial charge in [-0.1, -0.05) is 17.7 Å². The molecule has 5 nitrogen and oxygen atoms in total. The Bertz CT molecular complexity index is 535. The van der Waals surface area contributed by atoms with Gasteiger partial charge >= 0.3 is 6.03 Å². The number of carbonyl (C=O) groups excluding carboxylic acids is 1. The van der Waals surface area contributed by atoms with Crippen LogP contribution in [0.1, 0.15) is 33.1 Å². The van der Waals surface area contributed by atoms with Gasteiger partial charge in [-0.05, 0) is 45.2 Å². The summed E-state index contributed by atoms with van der Waals surface area (Å²) in [5, 5.41) is 3.43. The lowest BCUT2D eigenvalue weighted by molar-refractivity contribution is 0.0877. The molecule has 0 unspecified atom stereocenters. The van der Waals surface area contributed by atoms with Crippen molar-refractivity contribution in [1.82, 2.24) is 4.90 Å². The van der Waals surface area contributed by atoms with Crippen LogP contribution in [0.3, 0.4) is 0 Å². The van der Waals surface area contributed by atoms with Crippen LogP contribution in [0.4, 0.5) is 10.5 Å². The molecule has 0 spiro atoms. The van der Waals surface area contributed by atoms with Crippen LogP contribution in [0.2, 0.25) is 5.02 Å². The number of methoxy groups -OCH3 is 1. The van der Waals surface area contributed by atoms with Gasteiger partial charge in [-0.3, -0.25) is 0 Å². The second-order valence-electron chi connectivity index (χ2n) is 6.01. The number of rotatable bonds is 5. The van der Waals surface area contributed by atoms with Gasteiger partial charge in [0.1, 0.15) is 0 Å². The number of carbonyl (C=O) groups is 1. The number of urea groups is 1. The van der Waals surface area contributed by atoms with E-state index < -0.39 is 0 Å². The molecule has 1 atom stereocenters. The molecule has 1 aliphatic rings. The highest BCUT2D eigenvalue weighted by molar-refractivity contribution is 6.32. The van der Waals surface area contributed by atoms with Gasteiger partial charge in [0, 0.05) is 13.7 Å². The molecule has 1 saturated heterocycles. The van der Waals surface area contributed by atoms with Gasteiger partial charge in [-0.2, -0.15) is 0 Å². The molecule has 0 bridgehead atoms. The Morgan fingerprint density at radius 2 is 2.22 bits per heavy atom. The van der Waals surface area contributed by atoms with Crippen molar-refractivity contribution in [3.8, 4) is 5.75 Å². The molecule has 0 aliphatic carbocycles. The van der Waals surface area contributed by atoms with Crippen molar-refractivity contribution in [2.75, 3.05) is 25.6 Å². The lowest BCUT2D eigenvalue weighted by atomic mass is 10.0. The smallest absolute Gasteiger partial charge is 0.322 e. The minimum absolute atomic E-state index is 0.0261. The van der Waals surface area contributed by atoms with Crippen molar-refractivity contribution >= 4 is 23.3 Å². The molecule has 1 aromatic carbocycles. The molecular formula is C17H25ClN2O3. The third-order valence-electron chi connectivity index (χ3n) is 3.81. The Balaban J connectivity index is 2.14. The summed E-state index contributed by atoms with van der Waals surface area (Å²) >= 11 is 6.21. The van der Waals surface area contributed by atoms with Gasteiger partial charge in [-0.25, -0.2) is 4.79 Å². The topological polar surface area (TPSA) is 50.8 Å². The predicted molar refractivity (Wildman–Crippen MR) is 92.5 cm³/mol. The summed E-state index contributed by atoms with van der Waals surface area (Å²) in [5.41, 5.74) is 0.595. The number of amides is 2. The first-order valence-corrected chi connectivity index (χ1v) is 8.42. The number of ether oxygens (including phenoxy) is 2. The summed E-state index contributed by atoms with van der Waals surface area (Å²) in [6.07, 6.45) is 3.07. The fourth-order valence-electron chi connectivity index (χ4n) is 2.78. The highest BCUT2D eigenvalue weighted by atomic mass is 35.5. The molecule has 1 heterocycles. The van der Waals surface area contributed by atoms with E-state index in [1.54, 1.807) is 25.3 Å². The molecule has 1 N–H and O–H groups in total. The van der Waals surface area contributed by atoms with Gasteiger partial charge in [0.25, 0.3) is 0 Å². The monoisotopic (exact) mass is 340 g/mol. The van der Waals surface area contributed by atoms with Gasteiger partial charge < -0.3 is 19.7 Å². The number of likely N-dealkylation sites (tertiary alicyclic amines) is 1. The standard InChI is InChI=1S/C17H25ClN2O3/c1-12(2)23-16-14(18)8-6-9-15(16)19-17(21)20-10-5-4-7-13(20)11-22-3/h6,8-9,12-13H,4-5,7,10-11H2,1-3H3,(H,19,21)/t13-/m0/s1. The van der Waals surface area contributed by atoms with E-state index in [0.29, 0.717) is 23.1 Å². The predicted octanol–water partition coefficient (Wildman–Crippen LogP) is 4.16. The van der Waals surface area contributed by atoms with Crippen molar-refractivity contribution in [2.45, 2.75) is 45.3 Å². The zero-order valence-corrected chi connectivity index (χ0v) is 14.7. The number of anilines is 1. The quantitative estimate of drug-likeness (QED) is 0.875. The summed E-state index contributed by atoms with van der Waals surface area (Å²) in [4.78, 5) is 14.5. The second kappa shape index (κ2) is 8.41. The molecule has 1 aliphatic heterocycles. The highest BCUT2D eigenvalue weighted by Gasteiger charge is 2.27. The van der Waals surface area contributed by atoms with E-state index >= 15 is 0 Å². The number of nitrogens with one attached hydrogen (secondary N) is 1. The average Bonchev–Trinajstić information content (AvgIpc) is 2.51. The van der Waals surface area contributed by atoms with Crippen LogP contribution in [0.25, 0.3) is 0 Å². The number of hydrogen-bond acceptors (Lipinski definition) is 3. The van der Waals surface area contributed by atoms with E-state index in [0.717, 1.165) is 25.8 Å². The van der Waals surface area contributed by atoms with Gasteiger partial charge in [0.15, 0.2) is 5.75 Å². The largest absolute Gasteiger partial charge is 0.487 e. The lowest BCUT2D eigenvalue weighted by Crippen LogP contribution is -2.47. The van der Waals surface area contributed by atoms with Gasteiger partial charge in [0.05, 0.1) is 29.5 Å². The van der Waals surface area contributed by atoms with Crippen LogP contribution in [0, 0.1) is 0 Å². The Morgan fingerprint density at radius 1 is 1.43 bits per heavy atom. The van der Waals surface area contributed by atoms with Crippen LogP contribution in [-0.2, 0) is 4.74 Å². The first-order valence-electron chi connectivity index (χ1n) is 8.04. The summed E-state index contributed by atoms with van der Waals surface area (Å²) < 4.78 is 11.0. The molecule has 128 valence electrons. The maximum absolute atomic E-state index is 12.7. The molecule has 1 aromatic rings. The Labute approximate surface area is 142 Å². The van der Waals surface area contributed by atoms with Crippen molar-refractivity contribution in [2.24, 2.45) is 0 Å². The van der Waals surface area contributed by atoms with E-state index in [1.807, 2.05) is 18.7 Å². The highest BCUT2D eigenvalue weighted by Crippen LogP contribution is 2.34. The Morgan fingerprint density at radius 3 is 2.91 bits per heavy atom. The van der Waals surface area contributed by atoms with Crippen molar-refractivity contribution < 1.29 is 14.3 Å². The van der Waals surface area contributed by atoms with E-state index in [1.165, 1.54) is 0 Å². The van der Waals surface area contributed by atoms with Crippen molar-refractivity contribution in [3.05, 3.63) is 23.2 Å². The fraction of sp³-hybridized carbons (Fsp3) is 0.588. The summed E-state index contributed by atoms with van der Waals surface area (Å²) in [5.74, 6) is 0.512. The number of benzene rings is 1. The minimum atomic E-state index is -0.136. The lowest BCUT2D eigenvalue weighted by Gasteiger charge is -2.35. The van der Waals surface area contributed by atoms with Crippen molar-refractivity contribution in [1.29, 1.82) is 0 Å². The summed E-state index contributed by atoms with van der Waals surface area (Å²) in [7, 11) is 1.66. The zero-order valence-electron chi connectivity index (χ0n) is 14.0. The number of para-hydroxylation sites is 1. The maximum Gasteiger partial charge on any atom is 0.322 e. The SMILES string of the molecule is COC[C@@H]1CCCCN1C(=O)Nc1cccc(Cl)c1OC(C)C. The zero-order chi connectivity index (χ0) is 16.8. The van der Waals surface area contributed by atoms with E-state index in [4.69, 9.17) is 21.1 Å². The first kappa shape index (κ1) is 17.9. The maximum atomic E-state index is 12.7. The molecule has 23 heavy (non-hydrogen) atoms. The number of halogens is 1. The second-order valence-corrected chi connectivity index (χ2v) is 6.42. The normalized spacial score (nSPS) is 18.1. The molecule has 2 amide bonds. The van der Waals surface area contributed by atoms with E-state index in [2.05, 4.69) is 5.32 Å². The average molecular weight is 341 g/mol. The summed E-state index contributed by atoms with van der Waals surface area (Å²) in [6, 6.07) is 5.33. The fourth-order valence-corrected chi connectivity index (χ4v) is 3.00. The molecule has 0 radical (unpaired) electrons. The molecule has 6 heteroatoms. The molecule has 0 aromatic heterocycles. The molecular weight excluding hydrogens is 316 g/mol. The Hall–Kier alpha value is -1.46. The van der Waals surface area contributed by atoms with Crippen LogP contribution in [0.15, 0.2) is 18.2 Å². The summed E-state index contributed by atoms with van der Waals surface area (Å²) in [6.45, 7) is 5.14. The third kappa shape index (κ3) is 4.75. The van der Waals surface area contributed by atoms with Crippen LogP contribution in [-0.4, -0.2) is 43.3 Å². The molecule has 0 saturated carbocycles. The number of piperidine rings is 1. The van der Waals surface area contributed by atoms with Crippen molar-refractivity contribution in [3.63, 3.8) is 0 Å². The van der Waals surface area contributed by atoms with Gasteiger partial charge in [-0.15, -0.1) is 0 Å². The van der Waals surface area contributed by atoms with Crippen LogP contribution in [0.5, 0.6) is 5.75 Å². The molecule has 1 fully saturated rings. The Kier molecular flexibility index (Phi) is 6.54. The van der Waals surface area contributed by atoms with E-state index in [-0.39, 0.29) is 18.2 Å². The third-order valence-corrected chi connectivity index (χ3v) is 4.11. The first-order chi connectivity index (χ1) is 11.0.